The van der Waals surface area contributed by atoms with Gasteiger partial charge in [-0.1, -0.05) is 31.2 Å². The van der Waals surface area contributed by atoms with E-state index < -0.39 is 16.1 Å². The van der Waals surface area contributed by atoms with E-state index in [-0.39, 0.29) is 10.8 Å². The number of piperidine rings is 1. The smallest absolute Gasteiger partial charge is 0.265 e. The van der Waals surface area contributed by atoms with E-state index >= 15 is 0 Å². The fraction of sp³-hybridized carbons (Fsp3) is 0.500. The van der Waals surface area contributed by atoms with Gasteiger partial charge in [-0.3, -0.25) is 9.10 Å². The lowest BCUT2D eigenvalue weighted by Crippen LogP contribution is -2.47. The van der Waals surface area contributed by atoms with Gasteiger partial charge in [0.1, 0.15) is 6.04 Å². The number of carbonyl (C=O) groups is 1. The van der Waals surface area contributed by atoms with Crippen molar-refractivity contribution in [2.24, 2.45) is 5.92 Å². The van der Waals surface area contributed by atoms with Crippen molar-refractivity contribution < 1.29 is 13.2 Å². The lowest BCUT2D eigenvalue weighted by Gasteiger charge is -2.30. The van der Waals surface area contributed by atoms with Crippen LogP contribution in [-0.4, -0.2) is 51.4 Å². The average Bonchev–Trinajstić information content (AvgIpc) is 2.94. The summed E-state index contributed by atoms with van der Waals surface area (Å²) in [5, 5.41) is 4.51. The summed E-state index contributed by atoms with van der Waals surface area (Å²) in [4.78, 5) is 15.5. The fourth-order valence-corrected chi connectivity index (χ4v) is 6.26. The summed E-state index contributed by atoms with van der Waals surface area (Å²) < 4.78 is 27.5. The number of rotatable bonds is 6. The molecule has 2 aliphatic rings. The third-order valence-corrected chi connectivity index (χ3v) is 8.10. The molecule has 6 nitrogen and oxygen atoms in total. The Morgan fingerprint density at radius 3 is 2.59 bits per heavy atom. The maximum absolute atomic E-state index is 13.1. The first-order valence-corrected chi connectivity index (χ1v) is 11.9. The highest BCUT2D eigenvalue weighted by atomic mass is 32.2. The number of nitrogens with zero attached hydrogens (tertiary/aromatic N) is 2. The molecule has 156 valence electrons. The van der Waals surface area contributed by atoms with Gasteiger partial charge >= 0.3 is 0 Å². The molecule has 29 heavy (non-hydrogen) atoms. The van der Waals surface area contributed by atoms with Crippen molar-refractivity contribution in [3.05, 3.63) is 36.4 Å². The van der Waals surface area contributed by atoms with Crippen molar-refractivity contribution in [1.29, 1.82) is 0 Å². The van der Waals surface area contributed by atoms with Gasteiger partial charge in [0.05, 0.1) is 10.6 Å². The topological polar surface area (TPSA) is 69.7 Å². The van der Waals surface area contributed by atoms with Crippen LogP contribution in [0.5, 0.6) is 0 Å². The van der Waals surface area contributed by atoms with Crippen LogP contribution in [0.25, 0.3) is 10.8 Å². The van der Waals surface area contributed by atoms with E-state index in [2.05, 4.69) is 17.1 Å². The third kappa shape index (κ3) is 3.73. The molecule has 0 radical (unpaired) electrons. The van der Waals surface area contributed by atoms with Gasteiger partial charge in [0.2, 0.25) is 5.91 Å². The van der Waals surface area contributed by atoms with Gasteiger partial charge in [-0.25, -0.2) is 8.42 Å². The summed E-state index contributed by atoms with van der Waals surface area (Å²) in [7, 11) is -3.73. The number of anilines is 1. The van der Waals surface area contributed by atoms with Crippen molar-refractivity contribution in [2.45, 2.75) is 44.0 Å². The Balaban J connectivity index is 1.40. The van der Waals surface area contributed by atoms with Crippen molar-refractivity contribution in [2.75, 3.05) is 30.5 Å². The molecule has 0 aliphatic carbocycles. The van der Waals surface area contributed by atoms with Gasteiger partial charge in [-0.05, 0) is 69.3 Å². The SMILES string of the molecule is CC1CCN(CCCNC(=O)[C@H](C)N2c3cccc4cccc(c34)S2(=O)=O)CC1. The van der Waals surface area contributed by atoms with Crippen LogP contribution in [-0.2, 0) is 14.8 Å². The molecular weight excluding hydrogens is 386 g/mol. The van der Waals surface area contributed by atoms with E-state index in [1.165, 1.54) is 17.1 Å². The summed E-state index contributed by atoms with van der Waals surface area (Å²) in [5.41, 5.74) is 0.586. The number of sulfonamides is 1. The summed E-state index contributed by atoms with van der Waals surface area (Å²) in [6.45, 7) is 7.72. The van der Waals surface area contributed by atoms with Crippen LogP contribution in [0.4, 0.5) is 5.69 Å². The number of carbonyl (C=O) groups excluding carboxylic acids is 1. The van der Waals surface area contributed by atoms with E-state index in [0.29, 0.717) is 17.6 Å². The molecule has 0 unspecified atom stereocenters. The monoisotopic (exact) mass is 415 g/mol. The van der Waals surface area contributed by atoms with Gasteiger partial charge in [0.25, 0.3) is 10.0 Å². The Kier molecular flexibility index (Phi) is 5.53. The van der Waals surface area contributed by atoms with Gasteiger partial charge in [-0.15, -0.1) is 0 Å². The Morgan fingerprint density at radius 1 is 1.17 bits per heavy atom. The van der Waals surface area contributed by atoms with Crippen LogP contribution in [0.15, 0.2) is 41.3 Å². The zero-order valence-electron chi connectivity index (χ0n) is 17.1. The molecule has 1 amide bonds. The highest BCUT2D eigenvalue weighted by Gasteiger charge is 2.40. The van der Waals surface area contributed by atoms with E-state index in [1.807, 2.05) is 18.2 Å². The first-order valence-electron chi connectivity index (χ1n) is 10.5. The number of hydrogen-bond acceptors (Lipinski definition) is 4. The fourth-order valence-electron chi connectivity index (χ4n) is 4.39. The van der Waals surface area contributed by atoms with Gasteiger partial charge < -0.3 is 10.2 Å². The first-order chi connectivity index (χ1) is 13.9. The molecule has 2 aromatic carbocycles. The molecule has 1 fully saturated rings. The highest BCUT2D eigenvalue weighted by molar-refractivity contribution is 7.93. The normalized spacial score (nSPS) is 20.1. The Morgan fingerprint density at radius 2 is 1.86 bits per heavy atom. The minimum absolute atomic E-state index is 0.259. The van der Waals surface area contributed by atoms with E-state index in [1.54, 1.807) is 25.1 Å². The predicted octanol–water partition coefficient (Wildman–Crippen LogP) is 2.98. The molecule has 2 aromatic rings. The average molecular weight is 416 g/mol. The second-order valence-electron chi connectivity index (χ2n) is 8.28. The molecule has 2 aliphatic heterocycles. The first kappa shape index (κ1) is 20.2. The van der Waals surface area contributed by atoms with E-state index in [0.717, 1.165) is 37.4 Å². The number of nitrogens with one attached hydrogen (secondary N) is 1. The highest BCUT2D eigenvalue weighted by Crippen LogP contribution is 2.43. The number of hydrogen-bond donors (Lipinski definition) is 1. The van der Waals surface area contributed by atoms with Crippen molar-refractivity contribution in [1.82, 2.24) is 10.2 Å². The second-order valence-corrected chi connectivity index (χ2v) is 10.1. The zero-order chi connectivity index (χ0) is 20.6. The minimum atomic E-state index is -3.73. The second kappa shape index (κ2) is 7.95. The van der Waals surface area contributed by atoms with Crippen LogP contribution < -0.4 is 9.62 Å². The Labute approximate surface area is 172 Å². The molecule has 1 atom stereocenters. The van der Waals surface area contributed by atoms with Crippen molar-refractivity contribution in [3.8, 4) is 0 Å². The van der Waals surface area contributed by atoms with Crippen LogP contribution in [0.3, 0.4) is 0 Å². The van der Waals surface area contributed by atoms with Crippen LogP contribution in [0.2, 0.25) is 0 Å². The van der Waals surface area contributed by atoms with Crippen LogP contribution in [0, 0.1) is 5.92 Å². The van der Waals surface area contributed by atoms with E-state index in [4.69, 9.17) is 0 Å². The quantitative estimate of drug-likeness (QED) is 0.737. The predicted molar refractivity (Wildman–Crippen MR) is 116 cm³/mol. The molecule has 7 heteroatoms. The van der Waals surface area contributed by atoms with Crippen molar-refractivity contribution in [3.63, 3.8) is 0 Å². The molecule has 1 saturated heterocycles. The van der Waals surface area contributed by atoms with Crippen molar-refractivity contribution >= 4 is 32.4 Å². The molecule has 4 rings (SSSR count). The molecule has 0 spiro atoms. The standard InChI is InChI=1S/C22H29N3O3S/c1-16-10-14-24(15-11-16)13-5-12-23-22(26)17(2)25-19-8-3-6-18-7-4-9-20(21(18)19)29(25,27)28/h3-4,6-9,16-17H,5,10-15H2,1-2H3,(H,23,26)/t17-/m0/s1. The number of likely N-dealkylation sites (tertiary alicyclic amines) is 1. The summed E-state index contributed by atoms with van der Waals surface area (Å²) in [5.74, 6) is 0.549. The van der Waals surface area contributed by atoms with Gasteiger partial charge in [0, 0.05) is 11.9 Å². The van der Waals surface area contributed by atoms with E-state index in [9.17, 15) is 13.2 Å². The van der Waals surface area contributed by atoms with Gasteiger partial charge in [0.15, 0.2) is 0 Å². The third-order valence-electron chi connectivity index (χ3n) is 6.18. The minimum Gasteiger partial charge on any atom is -0.354 e. The summed E-state index contributed by atoms with van der Waals surface area (Å²) in [6.07, 6.45) is 3.35. The molecule has 1 N–H and O–H groups in total. The zero-order valence-corrected chi connectivity index (χ0v) is 17.9. The van der Waals surface area contributed by atoms with Crippen LogP contribution >= 0.6 is 0 Å². The summed E-state index contributed by atoms with van der Waals surface area (Å²) >= 11 is 0. The van der Waals surface area contributed by atoms with Gasteiger partial charge in [-0.2, -0.15) is 0 Å². The lowest BCUT2D eigenvalue weighted by atomic mass is 9.99. The number of amides is 1. The summed E-state index contributed by atoms with van der Waals surface area (Å²) in [6, 6.07) is 9.96. The maximum Gasteiger partial charge on any atom is 0.265 e. The maximum atomic E-state index is 13.1. The van der Waals surface area contributed by atoms with Crippen LogP contribution in [0.1, 0.15) is 33.1 Å². The largest absolute Gasteiger partial charge is 0.354 e. The Hall–Kier alpha value is -2.12. The lowest BCUT2D eigenvalue weighted by molar-refractivity contribution is -0.121. The molecular formula is C22H29N3O3S. The Bertz CT molecular complexity index is 1010. The molecule has 0 aromatic heterocycles. The molecule has 2 heterocycles. The molecule has 0 saturated carbocycles. The number of benzene rings is 2. The molecule has 0 bridgehead atoms.